The van der Waals surface area contributed by atoms with E-state index < -0.39 is 0 Å². The van der Waals surface area contributed by atoms with Gasteiger partial charge in [-0.15, -0.1) is 0 Å². The first-order valence-electron chi connectivity index (χ1n) is 7.57. The highest BCUT2D eigenvalue weighted by Gasteiger charge is 2.35. The zero-order valence-electron chi connectivity index (χ0n) is 12.0. The Hall–Kier alpha value is -0.580. The minimum absolute atomic E-state index is 0.369. The van der Waals surface area contributed by atoms with Crippen LogP contribution >= 0.6 is 15.9 Å². The summed E-state index contributed by atoms with van der Waals surface area (Å²) in [7, 11) is 2.28. The molecule has 3 rings (SSSR count). The fourth-order valence-electron chi connectivity index (χ4n) is 3.74. The van der Waals surface area contributed by atoms with E-state index in [2.05, 4.69) is 33.2 Å². The number of rotatable bonds is 3. The molecule has 0 spiro atoms. The molecule has 2 N–H and O–H groups in total. The number of halogens is 1. The van der Waals surface area contributed by atoms with Gasteiger partial charge in [0.05, 0.1) is 4.47 Å². The van der Waals surface area contributed by atoms with Crippen LogP contribution in [0, 0.1) is 0 Å². The molecule has 2 bridgehead atoms. The van der Waals surface area contributed by atoms with Gasteiger partial charge in [-0.1, -0.05) is 18.6 Å². The third-order valence-corrected chi connectivity index (χ3v) is 5.63. The summed E-state index contributed by atoms with van der Waals surface area (Å²) in [4.78, 5) is 2.58. The van der Waals surface area contributed by atoms with Gasteiger partial charge in [0.2, 0.25) is 0 Å². The van der Waals surface area contributed by atoms with Gasteiger partial charge in [0.15, 0.2) is 0 Å². The van der Waals surface area contributed by atoms with Gasteiger partial charge in [0.25, 0.3) is 0 Å². The first kappa shape index (κ1) is 14.4. The molecular weight excluding hydrogens is 316 g/mol. The van der Waals surface area contributed by atoms with E-state index in [9.17, 15) is 5.11 Å². The number of piperidine rings is 2. The number of nitrogens with zero attached hydrogens (tertiary/aromatic N) is 1. The number of para-hydroxylation sites is 1. The van der Waals surface area contributed by atoms with Crippen molar-refractivity contribution in [3.8, 4) is 5.75 Å². The van der Waals surface area contributed by atoms with E-state index in [4.69, 9.17) is 0 Å². The molecule has 0 saturated carbocycles. The number of fused-ring (bicyclic) bond motifs is 2. The zero-order chi connectivity index (χ0) is 14.1. The Labute approximate surface area is 129 Å². The molecule has 0 radical (unpaired) electrons. The van der Waals surface area contributed by atoms with Crippen molar-refractivity contribution in [2.45, 2.75) is 56.8 Å². The second-order valence-electron chi connectivity index (χ2n) is 6.20. The monoisotopic (exact) mass is 338 g/mol. The second kappa shape index (κ2) is 6.04. The molecule has 2 saturated heterocycles. The molecule has 2 aliphatic rings. The van der Waals surface area contributed by atoms with Crippen LogP contribution in [0.1, 0.15) is 37.7 Å². The van der Waals surface area contributed by atoms with Crippen molar-refractivity contribution in [2.24, 2.45) is 0 Å². The van der Waals surface area contributed by atoms with Crippen molar-refractivity contribution < 1.29 is 5.11 Å². The first-order valence-corrected chi connectivity index (χ1v) is 8.36. The van der Waals surface area contributed by atoms with Crippen LogP contribution in [0.2, 0.25) is 0 Å². The van der Waals surface area contributed by atoms with E-state index in [-0.39, 0.29) is 0 Å². The predicted molar refractivity (Wildman–Crippen MR) is 84.9 cm³/mol. The predicted octanol–water partition coefficient (Wildman–Crippen LogP) is 3.26. The Morgan fingerprint density at radius 1 is 1.30 bits per heavy atom. The van der Waals surface area contributed by atoms with Crippen molar-refractivity contribution in [3.63, 3.8) is 0 Å². The third kappa shape index (κ3) is 2.87. The van der Waals surface area contributed by atoms with Crippen molar-refractivity contribution in [1.82, 2.24) is 10.2 Å². The maximum atomic E-state index is 10.0. The van der Waals surface area contributed by atoms with Crippen LogP contribution in [0.25, 0.3) is 0 Å². The minimum atomic E-state index is 0.369. The topological polar surface area (TPSA) is 35.5 Å². The molecule has 110 valence electrons. The fourth-order valence-corrected chi connectivity index (χ4v) is 4.15. The number of aromatic hydroxyl groups is 1. The Kier molecular flexibility index (Phi) is 4.34. The van der Waals surface area contributed by atoms with Gasteiger partial charge in [-0.05, 0) is 54.7 Å². The number of phenolic OH excluding ortho intramolecular Hbond substituents is 1. The van der Waals surface area contributed by atoms with E-state index in [1.165, 1.54) is 32.1 Å². The van der Waals surface area contributed by atoms with Gasteiger partial charge in [0, 0.05) is 30.2 Å². The van der Waals surface area contributed by atoms with Gasteiger partial charge < -0.3 is 15.3 Å². The van der Waals surface area contributed by atoms with Crippen LogP contribution in [-0.2, 0) is 6.54 Å². The van der Waals surface area contributed by atoms with E-state index in [1.807, 2.05) is 18.2 Å². The maximum Gasteiger partial charge on any atom is 0.134 e. The molecule has 2 heterocycles. The molecule has 1 aromatic carbocycles. The van der Waals surface area contributed by atoms with Gasteiger partial charge in [-0.2, -0.15) is 0 Å². The normalized spacial score (nSPS) is 30.4. The molecule has 20 heavy (non-hydrogen) atoms. The summed E-state index contributed by atoms with van der Waals surface area (Å²) in [6, 6.07) is 7.92. The van der Waals surface area contributed by atoms with E-state index in [0.717, 1.165) is 28.7 Å². The van der Waals surface area contributed by atoms with E-state index in [0.29, 0.717) is 11.8 Å². The number of nitrogens with one attached hydrogen (secondary N) is 1. The van der Waals surface area contributed by atoms with Crippen LogP contribution in [0.15, 0.2) is 22.7 Å². The highest BCUT2D eigenvalue weighted by Crippen LogP contribution is 2.33. The standard InChI is InChI=1S/C16H23BrN2O/c1-19-13-5-3-6-14(19)9-12(8-13)18-10-11-4-2-7-15(17)16(11)20/h2,4,7,12-14,18,20H,3,5-6,8-10H2,1H3. The lowest BCUT2D eigenvalue weighted by molar-refractivity contribution is 0.0482. The van der Waals surface area contributed by atoms with Crippen molar-refractivity contribution in [3.05, 3.63) is 28.2 Å². The maximum absolute atomic E-state index is 10.0. The summed E-state index contributed by atoms with van der Waals surface area (Å²) < 4.78 is 0.775. The minimum Gasteiger partial charge on any atom is -0.506 e. The van der Waals surface area contributed by atoms with Gasteiger partial charge >= 0.3 is 0 Å². The highest BCUT2D eigenvalue weighted by atomic mass is 79.9. The summed E-state index contributed by atoms with van der Waals surface area (Å²) in [5.74, 6) is 0.369. The largest absolute Gasteiger partial charge is 0.506 e. The van der Waals surface area contributed by atoms with Crippen molar-refractivity contribution >= 4 is 15.9 Å². The molecule has 0 aliphatic carbocycles. The SMILES string of the molecule is CN1C2CCCC1CC(NCc1cccc(Br)c1O)C2. The number of phenols is 1. The molecule has 2 unspecified atom stereocenters. The molecule has 2 fully saturated rings. The van der Waals surface area contributed by atoms with E-state index in [1.54, 1.807) is 0 Å². The van der Waals surface area contributed by atoms with Gasteiger partial charge in [-0.3, -0.25) is 0 Å². The number of hydrogen-bond acceptors (Lipinski definition) is 3. The molecule has 0 amide bonds. The average molecular weight is 339 g/mol. The number of benzene rings is 1. The van der Waals surface area contributed by atoms with Crippen LogP contribution in [-0.4, -0.2) is 35.2 Å². The Bertz CT molecular complexity index is 466. The smallest absolute Gasteiger partial charge is 0.134 e. The van der Waals surface area contributed by atoms with Crippen LogP contribution < -0.4 is 5.32 Å². The Balaban J connectivity index is 1.60. The Morgan fingerprint density at radius 3 is 2.70 bits per heavy atom. The molecular formula is C16H23BrN2O. The molecule has 1 aromatic rings. The first-order chi connectivity index (χ1) is 9.65. The van der Waals surface area contributed by atoms with Gasteiger partial charge in [-0.25, -0.2) is 0 Å². The second-order valence-corrected chi connectivity index (χ2v) is 7.06. The zero-order valence-corrected chi connectivity index (χ0v) is 13.6. The molecule has 2 aliphatic heterocycles. The molecule has 0 aromatic heterocycles. The average Bonchev–Trinajstić information content (AvgIpc) is 2.41. The number of hydrogen-bond donors (Lipinski definition) is 2. The Morgan fingerprint density at radius 2 is 2.00 bits per heavy atom. The summed E-state index contributed by atoms with van der Waals surface area (Å²) in [6.07, 6.45) is 6.54. The lowest BCUT2D eigenvalue weighted by atomic mass is 9.82. The third-order valence-electron chi connectivity index (χ3n) is 4.99. The van der Waals surface area contributed by atoms with Gasteiger partial charge in [0.1, 0.15) is 5.75 Å². The summed E-state index contributed by atoms with van der Waals surface area (Å²) in [6.45, 7) is 0.749. The van der Waals surface area contributed by atoms with Crippen LogP contribution in [0.5, 0.6) is 5.75 Å². The van der Waals surface area contributed by atoms with E-state index >= 15 is 0 Å². The summed E-state index contributed by atoms with van der Waals surface area (Å²) in [5, 5.41) is 13.7. The van der Waals surface area contributed by atoms with Crippen molar-refractivity contribution in [2.75, 3.05) is 7.05 Å². The fraction of sp³-hybridized carbons (Fsp3) is 0.625. The summed E-state index contributed by atoms with van der Waals surface area (Å²) >= 11 is 3.37. The van der Waals surface area contributed by atoms with Crippen molar-refractivity contribution in [1.29, 1.82) is 0 Å². The van der Waals surface area contributed by atoms with Crippen LogP contribution in [0.4, 0.5) is 0 Å². The lowest BCUT2D eigenvalue weighted by Crippen LogP contribution is -2.54. The molecule has 3 nitrogen and oxygen atoms in total. The lowest BCUT2D eigenvalue weighted by Gasteiger charge is -2.47. The summed E-state index contributed by atoms with van der Waals surface area (Å²) in [5.41, 5.74) is 0.975. The highest BCUT2D eigenvalue weighted by molar-refractivity contribution is 9.10. The van der Waals surface area contributed by atoms with Crippen LogP contribution in [0.3, 0.4) is 0 Å². The molecule has 2 atom stereocenters. The molecule has 4 heteroatoms. The quantitative estimate of drug-likeness (QED) is 0.887.